The van der Waals surface area contributed by atoms with E-state index in [9.17, 15) is 9.59 Å². The summed E-state index contributed by atoms with van der Waals surface area (Å²) in [4.78, 5) is 29.4. The number of aryl methyl sites for hydroxylation is 1. The molecule has 0 aliphatic heterocycles. The van der Waals surface area contributed by atoms with Crippen LogP contribution in [0.2, 0.25) is 0 Å². The van der Waals surface area contributed by atoms with Gasteiger partial charge in [-0.1, -0.05) is 0 Å². The number of amides is 1. The maximum absolute atomic E-state index is 12.1. The van der Waals surface area contributed by atoms with Crippen LogP contribution in [0.4, 0.5) is 0 Å². The Morgan fingerprint density at radius 2 is 2.24 bits per heavy atom. The minimum absolute atomic E-state index is 0.0728. The number of aromatic nitrogens is 1. The molecule has 0 saturated heterocycles. The van der Waals surface area contributed by atoms with Gasteiger partial charge in [0.15, 0.2) is 0 Å². The van der Waals surface area contributed by atoms with Crippen LogP contribution < -0.4 is 0 Å². The van der Waals surface area contributed by atoms with Crippen molar-refractivity contribution < 1.29 is 14.3 Å². The predicted octanol–water partition coefficient (Wildman–Crippen LogP) is 1.48. The van der Waals surface area contributed by atoms with Gasteiger partial charge >= 0.3 is 5.97 Å². The molecule has 94 valence electrons. The number of nitrogens with zero attached hydrogens (tertiary/aromatic N) is 2. The molecule has 17 heavy (non-hydrogen) atoms. The first kappa shape index (κ1) is 13.6. The second kappa shape index (κ2) is 6.34. The van der Waals surface area contributed by atoms with Crippen LogP contribution in [-0.4, -0.2) is 42.0 Å². The highest BCUT2D eigenvalue weighted by atomic mass is 32.1. The molecule has 1 amide bonds. The van der Waals surface area contributed by atoms with E-state index in [0.717, 1.165) is 5.69 Å². The highest BCUT2D eigenvalue weighted by molar-refractivity contribution is 7.11. The molecule has 0 aliphatic rings. The highest BCUT2D eigenvalue weighted by Crippen LogP contribution is 2.15. The predicted molar refractivity (Wildman–Crippen MR) is 65.1 cm³/mol. The Labute approximate surface area is 104 Å². The van der Waals surface area contributed by atoms with Gasteiger partial charge in [-0.25, -0.2) is 4.98 Å². The average Bonchev–Trinajstić information content (AvgIpc) is 2.75. The monoisotopic (exact) mass is 256 g/mol. The Balaban J connectivity index is 2.65. The topological polar surface area (TPSA) is 59.5 Å². The lowest BCUT2D eigenvalue weighted by Crippen LogP contribution is -2.32. The molecule has 0 N–H and O–H groups in total. The van der Waals surface area contributed by atoms with E-state index in [1.807, 2.05) is 6.92 Å². The zero-order valence-electron chi connectivity index (χ0n) is 10.2. The molecule has 1 aromatic rings. The van der Waals surface area contributed by atoms with Crippen LogP contribution in [0.15, 0.2) is 5.51 Å². The molecule has 1 heterocycles. The van der Waals surface area contributed by atoms with Crippen LogP contribution in [0.25, 0.3) is 0 Å². The first-order chi connectivity index (χ1) is 8.10. The SMILES string of the molecule is CCN(CCC(=O)OC)C(=O)c1scnc1C. The normalized spacial score (nSPS) is 10.1. The van der Waals surface area contributed by atoms with Gasteiger partial charge in [0.2, 0.25) is 0 Å². The number of ether oxygens (including phenoxy) is 1. The lowest BCUT2D eigenvalue weighted by Gasteiger charge is -2.19. The third kappa shape index (κ3) is 3.52. The van der Waals surface area contributed by atoms with Crippen molar-refractivity contribution >= 4 is 23.2 Å². The Morgan fingerprint density at radius 1 is 1.53 bits per heavy atom. The van der Waals surface area contributed by atoms with Crippen molar-refractivity contribution in [1.82, 2.24) is 9.88 Å². The Hall–Kier alpha value is -1.43. The summed E-state index contributed by atoms with van der Waals surface area (Å²) in [5.74, 6) is -0.381. The summed E-state index contributed by atoms with van der Waals surface area (Å²) in [5.41, 5.74) is 2.38. The number of thiazole rings is 1. The molecule has 0 unspecified atom stereocenters. The van der Waals surface area contributed by atoms with Crippen LogP contribution in [-0.2, 0) is 9.53 Å². The quantitative estimate of drug-likeness (QED) is 0.749. The van der Waals surface area contributed by atoms with E-state index in [4.69, 9.17) is 0 Å². The van der Waals surface area contributed by atoms with E-state index in [1.165, 1.54) is 18.4 Å². The Kier molecular flexibility index (Phi) is 5.09. The van der Waals surface area contributed by atoms with Gasteiger partial charge in [-0.05, 0) is 13.8 Å². The van der Waals surface area contributed by atoms with Gasteiger partial charge in [-0.15, -0.1) is 11.3 Å². The molecule has 0 atom stereocenters. The number of carbonyl (C=O) groups is 2. The smallest absolute Gasteiger partial charge is 0.307 e. The van der Waals surface area contributed by atoms with E-state index in [1.54, 1.807) is 17.3 Å². The van der Waals surface area contributed by atoms with Crippen molar-refractivity contribution in [2.24, 2.45) is 0 Å². The summed E-state index contributed by atoms with van der Waals surface area (Å²) in [6, 6.07) is 0. The van der Waals surface area contributed by atoms with E-state index in [-0.39, 0.29) is 18.3 Å². The second-order valence-electron chi connectivity index (χ2n) is 3.48. The summed E-state index contributed by atoms with van der Waals surface area (Å²) in [5, 5.41) is 0. The minimum atomic E-state index is -0.308. The maximum Gasteiger partial charge on any atom is 0.307 e. The maximum atomic E-state index is 12.1. The van der Waals surface area contributed by atoms with Gasteiger partial charge < -0.3 is 9.64 Å². The minimum Gasteiger partial charge on any atom is -0.469 e. The molecular weight excluding hydrogens is 240 g/mol. The molecule has 0 bridgehead atoms. The summed E-state index contributed by atoms with van der Waals surface area (Å²) >= 11 is 1.32. The number of esters is 1. The van der Waals surface area contributed by atoms with Crippen LogP contribution >= 0.6 is 11.3 Å². The lowest BCUT2D eigenvalue weighted by molar-refractivity contribution is -0.140. The van der Waals surface area contributed by atoms with E-state index in [0.29, 0.717) is 18.0 Å². The zero-order valence-corrected chi connectivity index (χ0v) is 11.0. The molecule has 6 heteroatoms. The summed E-state index contributed by atoms with van der Waals surface area (Å²) in [7, 11) is 1.34. The van der Waals surface area contributed by atoms with E-state index < -0.39 is 0 Å². The second-order valence-corrected chi connectivity index (χ2v) is 4.33. The Morgan fingerprint density at radius 3 is 2.71 bits per heavy atom. The first-order valence-electron chi connectivity index (χ1n) is 5.36. The van der Waals surface area contributed by atoms with Crippen molar-refractivity contribution in [3.63, 3.8) is 0 Å². The molecule has 0 radical (unpaired) electrons. The highest BCUT2D eigenvalue weighted by Gasteiger charge is 2.19. The number of rotatable bonds is 5. The molecule has 1 rings (SSSR count). The van der Waals surface area contributed by atoms with Crippen LogP contribution in [0.5, 0.6) is 0 Å². The standard InChI is InChI=1S/C11H16N2O3S/c1-4-13(6-5-9(14)16-3)11(15)10-8(2)12-7-17-10/h7H,4-6H2,1-3H3. The van der Waals surface area contributed by atoms with Crippen molar-refractivity contribution in [3.05, 3.63) is 16.1 Å². The van der Waals surface area contributed by atoms with Crippen molar-refractivity contribution in [3.8, 4) is 0 Å². The number of methoxy groups -OCH3 is 1. The van der Waals surface area contributed by atoms with E-state index >= 15 is 0 Å². The molecule has 1 aromatic heterocycles. The fraction of sp³-hybridized carbons (Fsp3) is 0.545. The first-order valence-corrected chi connectivity index (χ1v) is 6.24. The largest absolute Gasteiger partial charge is 0.469 e. The van der Waals surface area contributed by atoms with Gasteiger partial charge in [-0.2, -0.15) is 0 Å². The molecule has 0 spiro atoms. The number of hydrogen-bond donors (Lipinski definition) is 0. The summed E-state index contributed by atoms with van der Waals surface area (Å²) in [6.45, 7) is 4.62. The molecule has 5 nitrogen and oxygen atoms in total. The van der Waals surface area contributed by atoms with Crippen LogP contribution in [0.1, 0.15) is 28.7 Å². The lowest BCUT2D eigenvalue weighted by atomic mass is 10.3. The fourth-order valence-corrected chi connectivity index (χ4v) is 2.15. The molecular formula is C11H16N2O3S. The van der Waals surface area contributed by atoms with Crippen LogP contribution in [0.3, 0.4) is 0 Å². The zero-order chi connectivity index (χ0) is 12.8. The summed E-state index contributed by atoms with van der Waals surface area (Å²) < 4.78 is 4.55. The average molecular weight is 256 g/mol. The molecule has 0 aliphatic carbocycles. The van der Waals surface area contributed by atoms with Gasteiger partial charge in [-0.3, -0.25) is 9.59 Å². The molecule has 0 aromatic carbocycles. The molecule has 0 saturated carbocycles. The Bertz CT molecular complexity index is 403. The van der Waals surface area contributed by atoms with Crippen LogP contribution in [0, 0.1) is 6.92 Å². The number of hydrogen-bond acceptors (Lipinski definition) is 5. The fourth-order valence-electron chi connectivity index (χ4n) is 1.38. The molecule has 0 fully saturated rings. The summed E-state index contributed by atoms with van der Waals surface area (Å²) in [6.07, 6.45) is 0.216. The third-order valence-corrected chi connectivity index (χ3v) is 3.34. The van der Waals surface area contributed by atoms with Gasteiger partial charge in [0.25, 0.3) is 5.91 Å². The van der Waals surface area contributed by atoms with Gasteiger partial charge in [0.1, 0.15) is 4.88 Å². The third-order valence-electron chi connectivity index (χ3n) is 2.42. The van der Waals surface area contributed by atoms with Crippen molar-refractivity contribution in [1.29, 1.82) is 0 Å². The van der Waals surface area contributed by atoms with Gasteiger partial charge in [0.05, 0.1) is 24.7 Å². The van der Waals surface area contributed by atoms with Gasteiger partial charge in [0, 0.05) is 13.1 Å². The number of carbonyl (C=O) groups excluding carboxylic acids is 2. The van der Waals surface area contributed by atoms with Crippen molar-refractivity contribution in [2.45, 2.75) is 20.3 Å². The van der Waals surface area contributed by atoms with E-state index in [2.05, 4.69) is 9.72 Å². The van der Waals surface area contributed by atoms with Crippen molar-refractivity contribution in [2.75, 3.05) is 20.2 Å².